The normalized spacial score (nSPS) is 23.7. The van der Waals surface area contributed by atoms with Gasteiger partial charge in [0, 0.05) is 11.4 Å². The summed E-state index contributed by atoms with van der Waals surface area (Å²) < 4.78 is 39.3. The molecule has 29 heavy (non-hydrogen) atoms. The Hall–Kier alpha value is -2.34. The van der Waals surface area contributed by atoms with Crippen molar-refractivity contribution < 1.29 is 13.2 Å². The minimum Gasteiger partial charge on any atom is -0.366 e. The molecular formula is C22H19ClF3N3. The summed E-state index contributed by atoms with van der Waals surface area (Å²) in [5.74, 6) is 2.09. The number of nitrogens with one attached hydrogen (secondary N) is 1. The highest BCUT2D eigenvalue weighted by atomic mass is 35.5. The molecule has 7 heteroatoms. The molecule has 150 valence electrons. The van der Waals surface area contributed by atoms with E-state index in [-0.39, 0.29) is 5.28 Å². The maximum atomic E-state index is 13.1. The summed E-state index contributed by atoms with van der Waals surface area (Å²) >= 11 is 6.13. The van der Waals surface area contributed by atoms with E-state index in [2.05, 4.69) is 15.3 Å². The summed E-state index contributed by atoms with van der Waals surface area (Å²) in [6.07, 6.45) is 0.533. The zero-order chi connectivity index (χ0) is 20.2. The van der Waals surface area contributed by atoms with Crippen LogP contribution in [0.2, 0.25) is 5.28 Å². The number of hydrogen-bond donors (Lipinski definition) is 1. The largest absolute Gasteiger partial charge is 0.416 e. The van der Waals surface area contributed by atoms with Crippen molar-refractivity contribution >= 4 is 28.3 Å². The van der Waals surface area contributed by atoms with Gasteiger partial charge in [-0.25, -0.2) is 9.97 Å². The second-order valence-corrected chi connectivity index (χ2v) is 8.42. The molecule has 0 spiro atoms. The average molecular weight is 418 g/mol. The number of benzene rings is 2. The van der Waals surface area contributed by atoms with Crippen LogP contribution in [0.15, 0.2) is 42.5 Å². The van der Waals surface area contributed by atoms with Gasteiger partial charge < -0.3 is 5.32 Å². The number of rotatable bonds is 3. The SMILES string of the molecule is FC(F)(F)c1cccc(-c2ccc3nc(Cl)nc(N[C@@H]4C[C@H]5CC[C@@H]4C5)c3c2)c1. The van der Waals surface area contributed by atoms with Crippen molar-refractivity contribution in [1.29, 1.82) is 0 Å². The Labute approximate surface area is 171 Å². The summed E-state index contributed by atoms with van der Waals surface area (Å²) in [7, 11) is 0. The number of anilines is 1. The highest BCUT2D eigenvalue weighted by molar-refractivity contribution is 6.28. The van der Waals surface area contributed by atoms with Crippen LogP contribution in [0.25, 0.3) is 22.0 Å². The van der Waals surface area contributed by atoms with E-state index >= 15 is 0 Å². The number of hydrogen-bond acceptors (Lipinski definition) is 3. The lowest BCUT2D eigenvalue weighted by molar-refractivity contribution is -0.137. The van der Waals surface area contributed by atoms with Crippen molar-refractivity contribution in [2.45, 2.75) is 37.9 Å². The van der Waals surface area contributed by atoms with Crippen LogP contribution < -0.4 is 5.32 Å². The fraction of sp³-hybridized carbons (Fsp3) is 0.364. The maximum Gasteiger partial charge on any atom is 0.416 e. The Balaban J connectivity index is 1.55. The predicted octanol–water partition coefficient (Wildman–Crippen LogP) is 6.57. The summed E-state index contributed by atoms with van der Waals surface area (Å²) in [5.41, 5.74) is 1.20. The Bertz CT molecular complexity index is 1080. The molecule has 3 atom stereocenters. The molecule has 5 rings (SSSR count). The van der Waals surface area contributed by atoms with Crippen LogP contribution in [0, 0.1) is 11.8 Å². The van der Waals surface area contributed by atoms with E-state index in [9.17, 15) is 13.2 Å². The van der Waals surface area contributed by atoms with Gasteiger partial charge in [0.15, 0.2) is 0 Å². The molecule has 2 aliphatic carbocycles. The van der Waals surface area contributed by atoms with E-state index in [0.29, 0.717) is 34.4 Å². The minimum atomic E-state index is -4.38. The molecule has 3 aromatic rings. The van der Waals surface area contributed by atoms with Crippen LogP contribution >= 0.6 is 11.6 Å². The molecule has 2 aromatic carbocycles. The summed E-state index contributed by atoms with van der Waals surface area (Å²) in [6, 6.07) is 11.1. The van der Waals surface area contributed by atoms with Crippen LogP contribution in [0.3, 0.4) is 0 Å². The molecule has 1 N–H and O–H groups in total. The molecule has 0 aliphatic heterocycles. The third kappa shape index (κ3) is 3.54. The van der Waals surface area contributed by atoms with E-state index in [0.717, 1.165) is 23.8 Å². The zero-order valence-electron chi connectivity index (χ0n) is 15.5. The average Bonchev–Trinajstić information content (AvgIpc) is 3.30. The predicted molar refractivity (Wildman–Crippen MR) is 108 cm³/mol. The van der Waals surface area contributed by atoms with Crippen LogP contribution in [0.1, 0.15) is 31.2 Å². The quantitative estimate of drug-likeness (QED) is 0.490. The molecule has 0 amide bonds. The van der Waals surface area contributed by atoms with Crippen molar-refractivity contribution in [3.63, 3.8) is 0 Å². The van der Waals surface area contributed by atoms with Crippen molar-refractivity contribution in [2.75, 3.05) is 5.32 Å². The van der Waals surface area contributed by atoms with Crippen molar-refractivity contribution in [2.24, 2.45) is 11.8 Å². The molecule has 3 nitrogen and oxygen atoms in total. The first kappa shape index (κ1) is 18.7. The number of halogens is 4. The first-order chi connectivity index (χ1) is 13.9. The molecule has 1 aromatic heterocycles. The maximum absolute atomic E-state index is 13.1. The van der Waals surface area contributed by atoms with Crippen LogP contribution in [-0.4, -0.2) is 16.0 Å². The molecule has 0 unspecified atom stereocenters. The van der Waals surface area contributed by atoms with Crippen molar-refractivity contribution in [3.8, 4) is 11.1 Å². The van der Waals surface area contributed by atoms with E-state index < -0.39 is 11.7 Å². The van der Waals surface area contributed by atoms with Crippen LogP contribution in [-0.2, 0) is 6.18 Å². The standard InChI is InChI=1S/C22H19ClF3N3/c23-21-28-18-7-6-14(13-2-1-3-16(10-13)22(24,25)26)11-17(18)20(29-21)27-19-9-12-4-5-15(19)8-12/h1-3,6-7,10-12,15,19H,4-5,8-9H2,(H,27,28,29)/t12-,15+,19+/m0/s1. The molecule has 0 saturated heterocycles. The van der Waals surface area contributed by atoms with Crippen molar-refractivity contribution in [1.82, 2.24) is 9.97 Å². The number of nitrogens with zero attached hydrogens (tertiary/aromatic N) is 2. The fourth-order valence-electron chi connectivity index (χ4n) is 4.86. The van der Waals surface area contributed by atoms with Crippen LogP contribution in [0.4, 0.5) is 19.0 Å². The smallest absolute Gasteiger partial charge is 0.366 e. The van der Waals surface area contributed by atoms with Crippen molar-refractivity contribution in [3.05, 3.63) is 53.3 Å². The van der Waals surface area contributed by atoms with Gasteiger partial charge in [-0.15, -0.1) is 0 Å². The summed E-state index contributed by atoms with van der Waals surface area (Å²) in [6.45, 7) is 0. The second kappa shape index (κ2) is 6.87. The highest BCUT2D eigenvalue weighted by Gasteiger charge is 2.39. The first-order valence-corrected chi connectivity index (χ1v) is 10.2. The number of alkyl halides is 3. The molecule has 0 radical (unpaired) electrons. The highest BCUT2D eigenvalue weighted by Crippen LogP contribution is 2.46. The topological polar surface area (TPSA) is 37.8 Å². The summed E-state index contributed by atoms with van der Waals surface area (Å²) in [5, 5.41) is 4.49. The molecular weight excluding hydrogens is 399 g/mol. The third-order valence-corrected chi connectivity index (χ3v) is 6.42. The zero-order valence-corrected chi connectivity index (χ0v) is 16.3. The molecule has 2 aliphatic rings. The molecule has 2 bridgehead atoms. The first-order valence-electron chi connectivity index (χ1n) is 9.78. The second-order valence-electron chi connectivity index (χ2n) is 8.08. The molecule has 2 fully saturated rings. The van der Waals surface area contributed by atoms with Gasteiger partial charge in [-0.05, 0) is 78.1 Å². The minimum absolute atomic E-state index is 0.162. The van der Waals surface area contributed by atoms with Gasteiger partial charge in [0.2, 0.25) is 5.28 Å². The lowest BCUT2D eigenvalue weighted by atomic mass is 9.95. The Kier molecular flexibility index (Phi) is 4.42. The van der Waals surface area contributed by atoms with E-state index in [1.807, 2.05) is 6.07 Å². The fourth-order valence-corrected chi connectivity index (χ4v) is 5.04. The van der Waals surface area contributed by atoms with Gasteiger partial charge in [0.05, 0.1) is 11.1 Å². The molecule has 1 heterocycles. The van der Waals surface area contributed by atoms with Gasteiger partial charge in [-0.2, -0.15) is 13.2 Å². The van der Waals surface area contributed by atoms with E-state index in [1.54, 1.807) is 18.2 Å². The monoisotopic (exact) mass is 417 g/mol. The lowest BCUT2D eigenvalue weighted by Gasteiger charge is -2.24. The van der Waals surface area contributed by atoms with Gasteiger partial charge in [0.25, 0.3) is 0 Å². The van der Waals surface area contributed by atoms with E-state index in [4.69, 9.17) is 11.6 Å². The summed E-state index contributed by atoms with van der Waals surface area (Å²) in [4.78, 5) is 8.69. The van der Waals surface area contributed by atoms with Gasteiger partial charge in [0.1, 0.15) is 5.82 Å². The Morgan fingerprint density at radius 3 is 2.52 bits per heavy atom. The Morgan fingerprint density at radius 1 is 0.966 bits per heavy atom. The third-order valence-electron chi connectivity index (χ3n) is 6.25. The van der Waals surface area contributed by atoms with Crippen LogP contribution in [0.5, 0.6) is 0 Å². The molecule has 2 saturated carbocycles. The number of fused-ring (bicyclic) bond motifs is 3. The van der Waals surface area contributed by atoms with Gasteiger partial charge in [-0.3, -0.25) is 0 Å². The van der Waals surface area contributed by atoms with Gasteiger partial charge >= 0.3 is 6.18 Å². The van der Waals surface area contributed by atoms with Gasteiger partial charge in [-0.1, -0.05) is 24.6 Å². The van der Waals surface area contributed by atoms with E-state index in [1.165, 1.54) is 31.4 Å². The lowest BCUT2D eigenvalue weighted by Crippen LogP contribution is -2.26. The Morgan fingerprint density at radius 2 is 1.79 bits per heavy atom. The number of aromatic nitrogens is 2.